The third-order valence-electron chi connectivity index (χ3n) is 5.64. The number of unbranched alkanes of at least 4 members (excludes halogenated alkanes) is 3. The van der Waals surface area contributed by atoms with E-state index in [1.54, 1.807) is 12.4 Å². The summed E-state index contributed by atoms with van der Waals surface area (Å²) in [6.07, 6.45) is 9.36. The van der Waals surface area contributed by atoms with Crippen LogP contribution in [0.2, 0.25) is 0 Å². The molecule has 34 heavy (non-hydrogen) atoms. The van der Waals surface area contributed by atoms with Crippen molar-refractivity contribution in [3.63, 3.8) is 0 Å². The van der Waals surface area contributed by atoms with Crippen molar-refractivity contribution in [2.24, 2.45) is 20.5 Å². The fourth-order valence-corrected chi connectivity index (χ4v) is 3.67. The number of aromatic nitrogens is 2. The second-order valence-electron chi connectivity index (χ2n) is 8.23. The minimum absolute atomic E-state index is 0.289. The SMILES string of the molecule is CCCCCCc1ccc(N=Nc2ncc(N=Nc3ccc(N4CCOCC4)cc3)cn2)cc1. The van der Waals surface area contributed by atoms with Crippen LogP contribution < -0.4 is 4.90 Å². The number of aryl methyl sites for hydroxylation is 1. The summed E-state index contributed by atoms with van der Waals surface area (Å²) in [6.45, 7) is 5.58. The zero-order chi connectivity index (χ0) is 23.4. The molecule has 1 aliphatic rings. The zero-order valence-corrected chi connectivity index (χ0v) is 19.7. The van der Waals surface area contributed by atoms with E-state index < -0.39 is 0 Å². The quantitative estimate of drug-likeness (QED) is 0.237. The number of anilines is 1. The van der Waals surface area contributed by atoms with Crippen LogP contribution in [0.4, 0.5) is 28.7 Å². The van der Waals surface area contributed by atoms with Crippen LogP contribution in [-0.4, -0.2) is 36.3 Å². The van der Waals surface area contributed by atoms with Gasteiger partial charge >= 0.3 is 0 Å². The Hall–Kier alpha value is -3.52. The molecule has 3 aromatic rings. The first-order valence-corrected chi connectivity index (χ1v) is 12.0. The van der Waals surface area contributed by atoms with Crippen molar-refractivity contribution >= 4 is 28.7 Å². The molecule has 0 atom stereocenters. The lowest BCUT2D eigenvalue weighted by molar-refractivity contribution is 0.122. The molecular weight excluding hydrogens is 426 g/mol. The van der Waals surface area contributed by atoms with Crippen LogP contribution >= 0.6 is 0 Å². The molecule has 176 valence electrons. The summed E-state index contributed by atoms with van der Waals surface area (Å²) in [6, 6.07) is 16.2. The molecule has 0 unspecified atom stereocenters. The van der Waals surface area contributed by atoms with Crippen LogP contribution in [0.1, 0.15) is 38.2 Å². The van der Waals surface area contributed by atoms with E-state index in [0.29, 0.717) is 5.69 Å². The normalized spacial score (nSPS) is 14.3. The monoisotopic (exact) mass is 457 g/mol. The van der Waals surface area contributed by atoms with Gasteiger partial charge in [0.2, 0.25) is 0 Å². The van der Waals surface area contributed by atoms with Gasteiger partial charge in [-0.1, -0.05) is 38.3 Å². The Kier molecular flexibility index (Phi) is 8.79. The van der Waals surface area contributed by atoms with Crippen molar-refractivity contribution in [3.8, 4) is 0 Å². The summed E-state index contributed by atoms with van der Waals surface area (Å²) in [4.78, 5) is 10.7. The fourth-order valence-electron chi connectivity index (χ4n) is 3.67. The van der Waals surface area contributed by atoms with E-state index in [0.717, 1.165) is 44.1 Å². The first-order valence-electron chi connectivity index (χ1n) is 12.0. The molecule has 1 aliphatic heterocycles. The van der Waals surface area contributed by atoms with Gasteiger partial charge in [0.25, 0.3) is 5.95 Å². The second kappa shape index (κ2) is 12.6. The Bertz CT molecular complexity index is 1060. The summed E-state index contributed by atoms with van der Waals surface area (Å²) < 4.78 is 5.40. The molecule has 4 rings (SSSR count). The molecule has 1 fully saturated rings. The lowest BCUT2D eigenvalue weighted by atomic mass is 10.1. The number of nitrogens with zero attached hydrogens (tertiary/aromatic N) is 7. The van der Waals surface area contributed by atoms with Gasteiger partial charge in [0.1, 0.15) is 5.69 Å². The Morgan fingerprint density at radius 2 is 1.35 bits per heavy atom. The average molecular weight is 458 g/mol. The fraction of sp³-hybridized carbons (Fsp3) is 0.385. The Labute approximate surface area is 200 Å². The maximum Gasteiger partial charge on any atom is 0.268 e. The molecule has 8 nitrogen and oxygen atoms in total. The van der Waals surface area contributed by atoms with Crippen molar-refractivity contribution in [2.75, 3.05) is 31.2 Å². The molecule has 0 spiro atoms. The third kappa shape index (κ3) is 7.25. The van der Waals surface area contributed by atoms with E-state index >= 15 is 0 Å². The Balaban J connectivity index is 1.28. The maximum absolute atomic E-state index is 5.40. The highest BCUT2D eigenvalue weighted by molar-refractivity contribution is 5.53. The molecule has 2 heterocycles. The van der Waals surface area contributed by atoms with Crippen LogP contribution in [0.3, 0.4) is 0 Å². The second-order valence-corrected chi connectivity index (χ2v) is 8.23. The maximum atomic E-state index is 5.40. The molecule has 0 radical (unpaired) electrons. The van der Waals surface area contributed by atoms with Crippen LogP contribution in [0.5, 0.6) is 0 Å². The van der Waals surface area contributed by atoms with Crippen molar-refractivity contribution < 1.29 is 4.74 Å². The van der Waals surface area contributed by atoms with E-state index in [2.05, 4.69) is 66.5 Å². The van der Waals surface area contributed by atoms with E-state index in [9.17, 15) is 0 Å². The molecule has 2 aromatic carbocycles. The molecule has 0 saturated carbocycles. The van der Waals surface area contributed by atoms with Crippen molar-refractivity contribution in [1.29, 1.82) is 0 Å². The van der Waals surface area contributed by atoms with Gasteiger partial charge in [0.05, 0.1) is 37.0 Å². The van der Waals surface area contributed by atoms with Gasteiger partial charge in [-0.2, -0.15) is 5.11 Å². The molecular formula is C26H31N7O. The predicted molar refractivity (Wildman–Crippen MR) is 134 cm³/mol. The Morgan fingerprint density at radius 3 is 2.03 bits per heavy atom. The summed E-state index contributed by atoms with van der Waals surface area (Å²) in [5, 5.41) is 16.8. The Morgan fingerprint density at radius 1 is 0.735 bits per heavy atom. The summed E-state index contributed by atoms with van der Waals surface area (Å²) in [5.74, 6) is 0.289. The molecule has 0 aliphatic carbocycles. The van der Waals surface area contributed by atoms with Gasteiger partial charge in [-0.05, 0) is 54.8 Å². The minimum Gasteiger partial charge on any atom is -0.378 e. The van der Waals surface area contributed by atoms with Crippen LogP contribution in [0, 0.1) is 0 Å². The summed E-state index contributed by atoms with van der Waals surface area (Å²) in [5.41, 5.74) is 4.61. The van der Waals surface area contributed by atoms with Crippen molar-refractivity contribution in [1.82, 2.24) is 9.97 Å². The van der Waals surface area contributed by atoms with Gasteiger partial charge in [-0.15, -0.1) is 15.3 Å². The number of rotatable bonds is 10. The van der Waals surface area contributed by atoms with Gasteiger partial charge < -0.3 is 9.64 Å². The first kappa shape index (κ1) is 23.6. The minimum atomic E-state index is 0.289. The van der Waals surface area contributed by atoms with Crippen LogP contribution in [-0.2, 0) is 11.2 Å². The number of benzene rings is 2. The lowest BCUT2D eigenvalue weighted by Crippen LogP contribution is -2.36. The third-order valence-corrected chi connectivity index (χ3v) is 5.64. The topological polar surface area (TPSA) is 87.7 Å². The number of azo groups is 2. The van der Waals surface area contributed by atoms with E-state index in [-0.39, 0.29) is 5.95 Å². The lowest BCUT2D eigenvalue weighted by Gasteiger charge is -2.28. The predicted octanol–water partition coefficient (Wildman–Crippen LogP) is 7.27. The van der Waals surface area contributed by atoms with E-state index in [4.69, 9.17) is 4.74 Å². The van der Waals surface area contributed by atoms with Crippen LogP contribution in [0.15, 0.2) is 81.4 Å². The standard InChI is InChI=1S/C26H31N7O/c1-2-3-4-5-6-21-7-9-22(10-8-21)30-32-26-27-19-24(20-28-26)31-29-23-11-13-25(14-12-23)33-15-17-34-18-16-33/h7-14,19-20H,2-6,15-18H2,1H3. The van der Waals surface area contributed by atoms with E-state index in [1.807, 2.05) is 24.3 Å². The number of morpholine rings is 1. The molecule has 0 amide bonds. The van der Waals surface area contributed by atoms with Crippen molar-refractivity contribution in [3.05, 3.63) is 66.5 Å². The highest BCUT2D eigenvalue weighted by Crippen LogP contribution is 2.23. The van der Waals surface area contributed by atoms with Gasteiger partial charge in [-0.25, -0.2) is 9.97 Å². The zero-order valence-electron chi connectivity index (χ0n) is 19.7. The average Bonchev–Trinajstić information content (AvgIpc) is 2.91. The molecule has 1 saturated heterocycles. The molecule has 1 aromatic heterocycles. The smallest absolute Gasteiger partial charge is 0.268 e. The highest BCUT2D eigenvalue weighted by Gasteiger charge is 2.10. The van der Waals surface area contributed by atoms with Crippen molar-refractivity contribution in [2.45, 2.75) is 39.0 Å². The van der Waals surface area contributed by atoms with Gasteiger partial charge in [-0.3, -0.25) is 0 Å². The summed E-state index contributed by atoms with van der Waals surface area (Å²) >= 11 is 0. The molecule has 0 N–H and O–H groups in total. The first-order chi connectivity index (χ1) is 16.8. The van der Waals surface area contributed by atoms with Gasteiger partial charge in [0, 0.05) is 18.8 Å². The van der Waals surface area contributed by atoms with Gasteiger partial charge in [0.15, 0.2) is 0 Å². The van der Waals surface area contributed by atoms with E-state index in [1.165, 1.54) is 36.9 Å². The molecule has 8 heteroatoms. The largest absolute Gasteiger partial charge is 0.378 e. The highest BCUT2D eigenvalue weighted by atomic mass is 16.5. The number of hydrogen-bond acceptors (Lipinski definition) is 8. The number of ether oxygens (including phenoxy) is 1. The summed E-state index contributed by atoms with van der Waals surface area (Å²) in [7, 11) is 0. The number of hydrogen-bond donors (Lipinski definition) is 0. The van der Waals surface area contributed by atoms with Crippen LogP contribution in [0.25, 0.3) is 0 Å². The molecule has 0 bridgehead atoms.